The first-order chi connectivity index (χ1) is 17.8. The third-order valence-corrected chi connectivity index (χ3v) is 7.48. The average molecular weight is 528 g/mol. The van der Waals surface area contributed by atoms with E-state index in [0.717, 1.165) is 37.8 Å². The van der Waals surface area contributed by atoms with Gasteiger partial charge in [-0.2, -0.15) is 4.98 Å². The number of benzene rings is 1. The van der Waals surface area contributed by atoms with Gasteiger partial charge in [-0.05, 0) is 63.8 Å². The van der Waals surface area contributed by atoms with Gasteiger partial charge in [0.1, 0.15) is 16.6 Å². The number of fused-ring (bicyclic) bond motifs is 1. The molecule has 0 radical (unpaired) electrons. The van der Waals surface area contributed by atoms with Gasteiger partial charge in [-0.25, -0.2) is 4.98 Å². The summed E-state index contributed by atoms with van der Waals surface area (Å²) in [6.45, 7) is 6.72. The number of amides is 2. The van der Waals surface area contributed by atoms with Gasteiger partial charge in [0.15, 0.2) is 0 Å². The SMILES string of the molecule is CNc1nc(Nc2cc3c(cc2OC(C)C)CN(C2CCN(C(=O)C4CCCN4)CC2)C3=O)ncc1Cl. The smallest absolute Gasteiger partial charge is 0.254 e. The zero-order valence-electron chi connectivity index (χ0n) is 21.5. The molecule has 0 spiro atoms. The van der Waals surface area contributed by atoms with Crippen LogP contribution in [-0.2, 0) is 11.3 Å². The predicted molar refractivity (Wildman–Crippen MR) is 143 cm³/mol. The van der Waals surface area contributed by atoms with Gasteiger partial charge in [0.25, 0.3) is 5.91 Å². The molecule has 2 saturated heterocycles. The van der Waals surface area contributed by atoms with Gasteiger partial charge in [-0.3, -0.25) is 9.59 Å². The normalized spacial score (nSPS) is 19.9. The van der Waals surface area contributed by atoms with E-state index in [4.69, 9.17) is 16.3 Å². The number of carbonyl (C=O) groups is 2. The van der Waals surface area contributed by atoms with E-state index in [-0.39, 0.29) is 30.0 Å². The summed E-state index contributed by atoms with van der Waals surface area (Å²) in [5.41, 5.74) is 2.21. The molecule has 1 unspecified atom stereocenters. The maximum Gasteiger partial charge on any atom is 0.254 e. The Bertz CT molecular complexity index is 1180. The lowest BCUT2D eigenvalue weighted by atomic mass is 10.0. The van der Waals surface area contributed by atoms with Gasteiger partial charge >= 0.3 is 0 Å². The molecule has 2 fully saturated rings. The molecule has 5 rings (SSSR count). The lowest BCUT2D eigenvalue weighted by Gasteiger charge is -2.37. The van der Waals surface area contributed by atoms with Crippen molar-refractivity contribution in [3.8, 4) is 5.75 Å². The van der Waals surface area contributed by atoms with E-state index in [0.29, 0.717) is 53.4 Å². The Hall–Kier alpha value is -3.11. The van der Waals surface area contributed by atoms with E-state index in [1.807, 2.05) is 35.8 Å². The summed E-state index contributed by atoms with van der Waals surface area (Å²) in [5.74, 6) is 1.69. The fraction of sp³-hybridized carbons (Fsp3) is 0.538. The summed E-state index contributed by atoms with van der Waals surface area (Å²) in [5, 5.41) is 9.86. The summed E-state index contributed by atoms with van der Waals surface area (Å²) < 4.78 is 6.09. The van der Waals surface area contributed by atoms with Crippen LogP contribution in [0.15, 0.2) is 18.3 Å². The van der Waals surface area contributed by atoms with Gasteiger partial charge < -0.3 is 30.5 Å². The summed E-state index contributed by atoms with van der Waals surface area (Å²) >= 11 is 6.13. The van der Waals surface area contributed by atoms with Crippen molar-refractivity contribution >= 4 is 40.9 Å². The van der Waals surface area contributed by atoms with Crippen LogP contribution in [0.25, 0.3) is 0 Å². The lowest BCUT2D eigenvalue weighted by Crippen LogP contribution is -2.50. The Morgan fingerprint density at radius 2 is 2.03 bits per heavy atom. The fourth-order valence-electron chi connectivity index (χ4n) is 5.34. The molecule has 37 heavy (non-hydrogen) atoms. The van der Waals surface area contributed by atoms with Crippen LogP contribution in [0.2, 0.25) is 5.02 Å². The molecule has 0 saturated carbocycles. The Balaban J connectivity index is 1.32. The molecule has 198 valence electrons. The van der Waals surface area contributed by atoms with Crippen LogP contribution >= 0.6 is 11.6 Å². The number of nitrogens with one attached hydrogen (secondary N) is 3. The number of ether oxygens (including phenoxy) is 1. The van der Waals surface area contributed by atoms with E-state index >= 15 is 0 Å². The first-order valence-electron chi connectivity index (χ1n) is 13.0. The fourth-order valence-corrected chi connectivity index (χ4v) is 5.53. The molecule has 1 atom stereocenters. The number of nitrogens with zero attached hydrogens (tertiary/aromatic N) is 4. The zero-order valence-corrected chi connectivity index (χ0v) is 22.3. The number of likely N-dealkylation sites (tertiary alicyclic amines) is 1. The molecule has 0 bridgehead atoms. The molecular formula is C26H34ClN7O3. The molecule has 1 aromatic heterocycles. The van der Waals surface area contributed by atoms with Gasteiger partial charge in [-0.1, -0.05) is 11.6 Å². The van der Waals surface area contributed by atoms with Crippen molar-refractivity contribution in [1.29, 1.82) is 0 Å². The molecule has 2 amide bonds. The van der Waals surface area contributed by atoms with Gasteiger partial charge in [0, 0.05) is 38.3 Å². The Labute approximate surface area is 222 Å². The number of piperidine rings is 1. The second kappa shape index (κ2) is 10.7. The van der Waals surface area contributed by atoms with Crippen LogP contribution in [0, 0.1) is 0 Å². The quantitative estimate of drug-likeness (QED) is 0.502. The summed E-state index contributed by atoms with van der Waals surface area (Å²) in [6.07, 6.45) is 4.99. The number of hydrogen-bond donors (Lipinski definition) is 3. The molecule has 1 aromatic carbocycles. The maximum atomic E-state index is 13.5. The van der Waals surface area contributed by atoms with Crippen molar-refractivity contribution in [3.05, 3.63) is 34.5 Å². The number of aromatic nitrogens is 2. The molecule has 2 aromatic rings. The van der Waals surface area contributed by atoms with Crippen LogP contribution < -0.4 is 20.7 Å². The number of hydrogen-bond acceptors (Lipinski definition) is 8. The minimum Gasteiger partial charge on any atom is -0.489 e. The second-order valence-corrected chi connectivity index (χ2v) is 10.5. The highest BCUT2D eigenvalue weighted by molar-refractivity contribution is 6.32. The highest BCUT2D eigenvalue weighted by Gasteiger charge is 2.37. The average Bonchev–Trinajstić information content (AvgIpc) is 3.53. The largest absolute Gasteiger partial charge is 0.489 e. The lowest BCUT2D eigenvalue weighted by molar-refractivity contribution is -0.134. The monoisotopic (exact) mass is 527 g/mol. The highest BCUT2D eigenvalue weighted by Crippen LogP contribution is 2.37. The molecule has 3 N–H and O–H groups in total. The molecule has 0 aliphatic carbocycles. The third-order valence-electron chi connectivity index (χ3n) is 7.20. The van der Waals surface area contributed by atoms with E-state index < -0.39 is 0 Å². The van der Waals surface area contributed by atoms with Gasteiger partial charge in [-0.15, -0.1) is 0 Å². The van der Waals surface area contributed by atoms with Crippen LogP contribution in [0.1, 0.15) is 55.5 Å². The molecule has 3 aliphatic rings. The van der Waals surface area contributed by atoms with Crippen molar-refractivity contribution in [2.24, 2.45) is 0 Å². The van der Waals surface area contributed by atoms with Gasteiger partial charge in [0.2, 0.25) is 11.9 Å². The maximum absolute atomic E-state index is 13.5. The molecule has 3 aliphatic heterocycles. The number of carbonyl (C=O) groups excluding carboxylic acids is 2. The van der Waals surface area contributed by atoms with E-state index in [2.05, 4.69) is 25.9 Å². The first-order valence-corrected chi connectivity index (χ1v) is 13.4. The molecule has 11 heteroatoms. The van der Waals surface area contributed by atoms with Gasteiger partial charge in [0.05, 0.1) is 24.0 Å². The molecule has 10 nitrogen and oxygen atoms in total. The minimum atomic E-state index is -0.0537. The van der Waals surface area contributed by atoms with E-state index in [1.54, 1.807) is 7.05 Å². The topological polar surface area (TPSA) is 112 Å². The summed E-state index contributed by atoms with van der Waals surface area (Å²) in [4.78, 5) is 38.9. The number of anilines is 3. The first kappa shape index (κ1) is 25.5. The number of halogens is 1. The Morgan fingerprint density at radius 3 is 2.70 bits per heavy atom. The summed E-state index contributed by atoms with van der Waals surface area (Å²) in [7, 11) is 1.74. The van der Waals surface area contributed by atoms with Crippen LogP contribution in [0.3, 0.4) is 0 Å². The van der Waals surface area contributed by atoms with E-state index in [1.165, 1.54) is 6.20 Å². The summed E-state index contributed by atoms with van der Waals surface area (Å²) in [6, 6.07) is 3.82. The Kier molecular flexibility index (Phi) is 7.39. The predicted octanol–water partition coefficient (Wildman–Crippen LogP) is 3.40. The van der Waals surface area contributed by atoms with Crippen molar-refractivity contribution in [1.82, 2.24) is 25.1 Å². The molecular weight excluding hydrogens is 494 g/mol. The second-order valence-electron chi connectivity index (χ2n) is 10.1. The number of rotatable bonds is 7. The van der Waals surface area contributed by atoms with E-state index in [9.17, 15) is 9.59 Å². The van der Waals surface area contributed by atoms with Crippen molar-refractivity contribution in [2.45, 2.75) is 64.3 Å². The van der Waals surface area contributed by atoms with Crippen molar-refractivity contribution < 1.29 is 14.3 Å². The van der Waals surface area contributed by atoms with Crippen molar-refractivity contribution in [2.75, 3.05) is 37.3 Å². The van der Waals surface area contributed by atoms with Crippen LogP contribution in [-0.4, -0.2) is 76.5 Å². The van der Waals surface area contributed by atoms with Crippen LogP contribution in [0.5, 0.6) is 5.75 Å². The molecule has 4 heterocycles. The zero-order chi connectivity index (χ0) is 26.1. The minimum absolute atomic E-state index is 0.00400. The third kappa shape index (κ3) is 5.31. The highest BCUT2D eigenvalue weighted by atomic mass is 35.5. The Morgan fingerprint density at radius 1 is 1.24 bits per heavy atom. The van der Waals surface area contributed by atoms with Crippen molar-refractivity contribution in [3.63, 3.8) is 0 Å². The van der Waals surface area contributed by atoms with Crippen LogP contribution in [0.4, 0.5) is 17.5 Å². The standard InChI is InChI=1S/C26H34ClN7O3/c1-15(2)37-22-11-16-14-34(17-6-9-33(10-7-17)25(36)20-5-4-8-29-20)24(35)18(16)12-21(22)31-26-30-13-19(27)23(28-3)32-26/h11-13,15,17,20,29H,4-10,14H2,1-3H3,(H2,28,30,31,32).